The number of carboxylic acids is 1. The minimum absolute atomic E-state index is 0.135. The van der Waals surface area contributed by atoms with Gasteiger partial charge in [0.05, 0.1) is 17.1 Å². The summed E-state index contributed by atoms with van der Waals surface area (Å²) in [5, 5.41) is 20.8. The fourth-order valence-corrected chi connectivity index (χ4v) is 2.77. The SMILES string of the molecule is COCCCNc1ccc(S(=O)(=O)NCCO)cc1C(=O)O. The summed E-state index contributed by atoms with van der Waals surface area (Å²) in [6.07, 6.45) is 0.688. The van der Waals surface area contributed by atoms with Gasteiger partial charge in [-0.25, -0.2) is 17.9 Å². The van der Waals surface area contributed by atoms with Gasteiger partial charge in [-0.3, -0.25) is 0 Å². The zero-order valence-electron chi connectivity index (χ0n) is 12.2. The van der Waals surface area contributed by atoms with Crippen LogP contribution in [0.15, 0.2) is 23.1 Å². The van der Waals surface area contributed by atoms with Crippen molar-refractivity contribution in [1.29, 1.82) is 0 Å². The number of anilines is 1. The lowest BCUT2D eigenvalue weighted by atomic mass is 10.2. The molecule has 0 fully saturated rings. The van der Waals surface area contributed by atoms with Crippen LogP contribution in [0.4, 0.5) is 5.69 Å². The van der Waals surface area contributed by atoms with Crippen LogP contribution in [-0.2, 0) is 14.8 Å². The van der Waals surface area contributed by atoms with Crippen molar-refractivity contribution < 1.29 is 28.2 Å². The van der Waals surface area contributed by atoms with E-state index in [0.29, 0.717) is 25.3 Å². The Hall–Kier alpha value is -1.68. The van der Waals surface area contributed by atoms with Gasteiger partial charge in [0, 0.05) is 32.5 Å². The largest absolute Gasteiger partial charge is 0.478 e. The van der Waals surface area contributed by atoms with Gasteiger partial charge in [-0.1, -0.05) is 0 Å². The summed E-state index contributed by atoms with van der Waals surface area (Å²) < 4.78 is 30.9. The Morgan fingerprint density at radius 1 is 1.32 bits per heavy atom. The van der Waals surface area contributed by atoms with Crippen molar-refractivity contribution in [1.82, 2.24) is 4.72 Å². The molecule has 0 spiro atoms. The standard InChI is InChI=1S/C13H20N2O6S/c1-21-8-2-5-14-12-4-3-10(9-11(12)13(17)18)22(19,20)15-6-7-16/h3-4,9,14-16H,2,5-8H2,1H3,(H,17,18). The number of hydrogen-bond donors (Lipinski definition) is 4. The minimum atomic E-state index is -3.85. The number of benzene rings is 1. The molecule has 0 amide bonds. The molecular weight excluding hydrogens is 312 g/mol. The van der Waals surface area contributed by atoms with Gasteiger partial charge in [0.1, 0.15) is 0 Å². The lowest BCUT2D eigenvalue weighted by Gasteiger charge is -2.12. The zero-order chi connectivity index (χ0) is 16.6. The van der Waals surface area contributed by atoms with E-state index in [9.17, 15) is 18.3 Å². The Morgan fingerprint density at radius 2 is 2.05 bits per heavy atom. The molecule has 0 aromatic heterocycles. The van der Waals surface area contributed by atoms with Crippen molar-refractivity contribution in [2.75, 3.05) is 38.7 Å². The van der Waals surface area contributed by atoms with Gasteiger partial charge in [0.15, 0.2) is 0 Å². The number of rotatable bonds is 10. The van der Waals surface area contributed by atoms with E-state index in [0.717, 1.165) is 6.07 Å². The molecule has 0 aliphatic rings. The molecule has 8 nitrogen and oxygen atoms in total. The first kappa shape index (κ1) is 18.4. The minimum Gasteiger partial charge on any atom is -0.478 e. The lowest BCUT2D eigenvalue weighted by molar-refractivity contribution is 0.0697. The first-order valence-corrected chi connectivity index (χ1v) is 8.11. The van der Waals surface area contributed by atoms with Gasteiger partial charge in [-0.15, -0.1) is 0 Å². The lowest BCUT2D eigenvalue weighted by Crippen LogP contribution is -2.27. The normalized spacial score (nSPS) is 11.4. The third kappa shape index (κ3) is 5.26. The van der Waals surface area contributed by atoms with Gasteiger partial charge in [-0.2, -0.15) is 0 Å². The summed E-state index contributed by atoms with van der Waals surface area (Å²) in [5.74, 6) is -1.23. The maximum atomic E-state index is 11.9. The Labute approximate surface area is 129 Å². The fourth-order valence-electron chi connectivity index (χ4n) is 1.72. The van der Waals surface area contributed by atoms with E-state index in [2.05, 4.69) is 10.0 Å². The zero-order valence-corrected chi connectivity index (χ0v) is 13.0. The molecule has 0 aliphatic carbocycles. The smallest absolute Gasteiger partial charge is 0.337 e. The molecule has 1 aromatic rings. The molecule has 0 aliphatic heterocycles. The summed E-state index contributed by atoms with van der Waals surface area (Å²) >= 11 is 0. The Balaban J connectivity index is 2.97. The van der Waals surface area contributed by atoms with Crippen LogP contribution in [0, 0.1) is 0 Å². The highest BCUT2D eigenvalue weighted by atomic mass is 32.2. The van der Waals surface area contributed by atoms with Crippen LogP contribution in [0.25, 0.3) is 0 Å². The summed E-state index contributed by atoms with van der Waals surface area (Å²) in [7, 11) is -2.27. The molecule has 1 aromatic carbocycles. The summed E-state index contributed by atoms with van der Waals surface area (Å²) in [4.78, 5) is 11.1. The maximum Gasteiger partial charge on any atom is 0.337 e. The summed E-state index contributed by atoms with van der Waals surface area (Å²) in [6.45, 7) is 0.557. The van der Waals surface area contributed by atoms with Crippen LogP contribution in [0.5, 0.6) is 0 Å². The number of hydrogen-bond acceptors (Lipinski definition) is 6. The third-order valence-corrected chi connectivity index (χ3v) is 4.24. The Kier molecular flexibility index (Phi) is 7.25. The van der Waals surface area contributed by atoms with Crippen LogP contribution in [-0.4, -0.2) is 58.0 Å². The van der Waals surface area contributed by atoms with E-state index in [-0.39, 0.29) is 23.6 Å². The highest BCUT2D eigenvalue weighted by Gasteiger charge is 2.18. The van der Waals surface area contributed by atoms with Crippen LogP contribution < -0.4 is 10.0 Å². The molecule has 9 heteroatoms. The summed E-state index contributed by atoms with van der Waals surface area (Å²) in [6, 6.07) is 3.80. The van der Waals surface area contributed by atoms with Crippen molar-refractivity contribution in [3.63, 3.8) is 0 Å². The van der Waals surface area contributed by atoms with Crippen molar-refractivity contribution in [2.24, 2.45) is 0 Å². The molecule has 0 unspecified atom stereocenters. The van der Waals surface area contributed by atoms with Gasteiger partial charge in [-0.05, 0) is 24.6 Å². The maximum absolute atomic E-state index is 11.9. The van der Waals surface area contributed by atoms with E-state index in [1.807, 2.05) is 0 Å². The second-order valence-corrected chi connectivity index (χ2v) is 6.17. The molecule has 0 radical (unpaired) electrons. The molecule has 0 bridgehead atoms. The number of ether oxygens (including phenoxy) is 1. The van der Waals surface area contributed by atoms with Crippen LogP contribution >= 0.6 is 0 Å². The number of sulfonamides is 1. The second kappa shape index (κ2) is 8.69. The van der Waals surface area contributed by atoms with Crippen LogP contribution in [0.2, 0.25) is 0 Å². The van der Waals surface area contributed by atoms with Gasteiger partial charge in [0.25, 0.3) is 0 Å². The summed E-state index contributed by atoms with van der Waals surface area (Å²) in [5.41, 5.74) is 0.203. The van der Waals surface area contributed by atoms with Gasteiger partial charge in [0.2, 0.25) is 10.0 Å². The van der Waals surface area contributed by atoms with Gasteiger partial charge < -0.3 is 20.3 Å². The van der Waals surface area contributed by atoms with Crippen molar-refractivity contribution >= 4 is 21.7 Å². The first-order valence-electron chi connectivity index (χ1n) is 6.63. The molecule has 0 saturated carbocycles. The van der Waals surface area contributed by atoms with E-state index in [1.54, 1.807) is 7.11 Å². The molecule has 4 N–H and O–H groups in total. The Morgan fingerprint density at radius 3 is 2.64 bits per heavy atom. The predicted octanol–water partition coefficient (Wildman–Crippen LogP) is 0.104. The molecular formula is C13H20N2O6S. The van der Waals surface area contributed by atoms with E-state index < -0.39 is 16.0 Å². The van der Waals surface area contributed by atoms with E-state index in [4.69, 9.17) is 9.84 Å². The quantitative estimate of drug-likeness (QED) is 0.448. The van der Waals surface area contributed by atoms with Crippen LogP contribution in [0.1, 0.15) is 16.8 Å². The molecule has 124 valence electrons. The van der Waals surface area contributed by atoms with Crippen LogP contribution in [0.3, 0.4) is 0 Å². The average Bonchev–Trinajstić information content (AvgIpc) is 2.49. The number of aliphatic hydroxyl groups is 1. The predicted molar refractivity (Wildman–Crippen MR) is 80.7 cm³/mol. The van der Waals surface area contributed by atoms with E-state index >= 15 is 0 Å². The number of aliphatic hydroxyl groups excluding tert-OH is 1. The van der Waals surface area contributed by atoms with Gasteiger partial charge >= 0.3 is 5.97 Å². The topological polar surface area (TPSA) is 125 Å². The molecule has 0 atom stereocenters. The molecule has 1 rings (SSSR count). The molecule has 0 heterocycles. The number of nitrogens with one attached hydrogen (secondary N) is 2. The number of carboxylic acid groups (broad SMARTS) is 1. The van der Waals surface area contributed by atoms with Crippen molar-refractivity contribution in [3.05, 3.63) is 23.8 Å². The monoisotopic (exact) mass is 332 g/mol. The highest BCUT2D eigenvalue weighted by Crippen LogP contribution is 2.20. The first-order chi connectivity index (χ1) is 10.4. The number of aromatic carboxylic acids is 1. The second-order valence-electron chi connectivity index (χ2n) is 4.41. The highest BCUT2D eigenvalue weighted by molar-refractivity contribution is 7.89. The van der Waals surface area contributed by atoms with Crippen molar-refractivity contribution in [2.45, 2.75) is 11.3 Å². The number of carbonyl (C=O) groups is 1. The molecule has 22 heavy (non-hydrogen) atoms. The number of methoxy groups -OCH3 is 1. The third-order valence-electron chi connectivity index (χ3n) is 2.78. The van der Waals surface area contributed by atoms with Crippen molar-refractivity contribution in [3.8, 4) is 0 Å². The van der Waals surface area contributed by atoms with E-state index in [1.165, 1.54) is 12.1 Å². The fraction of sp³-hybridized carbons (Fsp3) is 0.462. The average molecular weight is 332 g/mol. The molecule has 0 saturated heterocycles. The Bertz CT molecular complexity index is 603.